The molecule has 0 saturated heterocycles. The second kappa shape index (κ2) is 4.99. The fraction of sp³-hybridized carbons (Fsp3) is 0.385. The maximum atomic E-state index is 12.3. The molecule has 0 aliphatic heterocycles. The predicted octanol–water partition coefficient (Wildman–Crippen LogP) is -0.329. The van der Waals surface area contributed by atoms with Crippen molar-refractivity contribution < 1.29 is 19.8 Å². The Kier molecular flexibility index (Phi) is 3.55. The van der Waals surface area contributed by atoms with Crippen molar-refractivity contribution in [2.24, 2.45) is 7.05 Å². The van der Waals surface area contributed by atoms with E-state index >= 15 is 0 Å². The molecule has 0 aromatic carbocycles. The first-order chi connectivity index (χ1) is 9.02. The molecule has 0 unspecified atom stereocenters. The van der Waals surface area contributed by atoms with Gasteiger partial charge in [-0.05, 0) is 6.92 Å². The molecule has 1 aliphatic rings. The first kappa shape index (κ1) is 13.5. The highest BCUT2D eigenvalue weighted by Gasteiger charge is 2.32. The summed E-state index contributed by atoms with van der Waals surface area (Å²) in [4.78, 5) is 24.4. The summed E-state index contributed by atoms with van der Waals surface area (Å²) in [5.41, 5.74) is 1.90. The van der Waals surface area contributed by atoms with E-state index in [1.54, 1.807) is 18.5 Å². The van der Waals surface area contributed by atoms with Crippen LogP contribution in [0.5, 0.6) is 0 Å². The van der Waals surface area contributed by atoms with Gasteiger partial charge in [0.25, 0.3) is 0 Å². The number of carbonyl (C=O) groups is 2. The van der Waals surface area contributed by atoms with Crippen molar-refractivity contribution in [1.82, 2.24) is 9.88 Å². The van der Waals surface area contributed by atoms with Gasteiger partial charge in [-0.2, -0.15) is 0 Å². The number of rotatable bonds is 4. The monoisotopic (exact) mass is 264 g/mol. The van der Waals surface area contributed by atoms with Crippen molar-refractivity contribution in [3.63, 3.8) is 0 Å². The van der Waals surface area contributed by atoms with Crippen LogP contribution in [0.25, 0.3) is 0 Å². The standard InChI is InChI=1S/C13H16N2O4/c1-7-8(6-17)11-12(15(7)2)10(18)5-9(13(11)19)14-3-4-16/h5,14,16-17H,3-4,6H2,1-2H3. The van der Waals surface area contributed by atoms with Gasteiger partial charge in [0.2, 0.25) is 11.6 Å². The zero-order valence-corrected chi connectivity index (χ0v) is 10.9. The molecule has 0 saturated carbocycles. The largest absolute Gasteiger partial charge is 0.395 e. The number of aliphatic hydroxyl groups is 2. The zero-order chi connectivity index (χ0) is 14.2. The third-order valence-corrected chi connectivity index (χ3v) is 3.38. The lowest BCUT2D eigenvalue weighted by molar-refractivity contribution is 0.0971. The number of aromatic nitrogens is 1. The van der Waals surface area contributed by atoms with Crippen LogP contribution in [0.4, 0.5) is 0 Å². The molecular formula is C13H16N2O4. The molecule has 2 rings (SSSR count). The van der Waals surface area contributed by atoms with Gasteiger partial charge in [-0.25, -0.2) is 0 Å². The Labute approximate surface area is 110 Å². The minimum absolute atomic E-state index is 0.133. The maximum Gasteiger partial charge on any atom is 0.211 e. The highest BCUT2D eigenvalue weighted by Crippen LogP contribution is 2.28. The van der Waals surface area contributed by atoms with Crippen LogP contribution in [0.3, 0.4) is 0 Å². The highest BCUT2D eigenvalue weighted by atomic mass is 16.3. The lowest BCUT2D eigenvalue weighted by Gasteiger charge is -2.15. The first-order valence-corrected chi connectivity index (χ1v) is 5.97. The van der Waals surface area contributed by atoms with Crippen LogP contribution in [0, 0.1) is 6.92 Å². The van der Waals surface area contributed by atoms with Gasteiger partial charge in [-0.15, -0.1) is 0 Å². The van der Waals surface area contributed by atoms with Gasteiger partial charge in [0.15, 0.2) is 0 Å². The number of aliphatic hydroxyl groups excluding tert-OH is 2. The molecule has 0 atom stereocenters. The smallest absolute Gasteiger partial charge is 0.211 e. The van der Waals surface area contributed by atoms with E-state index < -0.39 is 0 Å². The third-order valence-electron chi connectivity index (χ3n) is 3.38. The molecule has 1 aromatic rings. The SMILES string of the molecule is Cc1c(CO)c2c(n1C)C(=O)C=C(NCCO)C2=O. The molecular weight excluding hydrogens is 248 g/mol. The van der Waals surface area contributed by atoms with Crippen molar-refractivity contribution in [2.45, 2.75) is 13.5 Å². The number of fused-ring (bicyclic) bond motifs is 1. The van der Waals surface area contributed by atoms with Crippen LogP contribution in [0.15, 0.2) is 11.8 Å². The van der Waals surface area contributed by atoms with E-state index in [1.807, 2.05) is 0 Å². The maximum absolute atomic E-state index is 12.3. The van der Waals surface area contributed by atoms with E-state index in [9.17, 15) is 14.7 Å². The molecule has 0 bridgehead atoms. The van der Waals surface area contributed by atoms with Crippen molar-refractivity contribution in [1.29, 1.82) is 0 Å². The summed E-state index contributed by atoms with van der Waals surface area (Å²) in [5, 5.41) is 20.9. The number of hydrogen-bond donors (Lipinski definition) is 3. The molecule has 0 radical (unpaired) electrons. The summed E-state index contributed by atoms with van der Waals surface area (Å²) in [6.07, 6.45) is 1.24. The van der Waals surface area contributed by atoms with Gasteiger partial charge >= 0.3 is 0 Å². The fourth-order valence-electron chi connectivity index (χ4n) is 2.31. The fourth-order valence-corrected chi connectivity index (χ4v) is 2.31. The molecule has 6 nitrogen and oxygen atoms in total. The summed E-state index contributed by atoms with van der Waals surface area (Å²) in [7, 11) is 1.69. The molecule has 0 fully saturated rings. The molecule has 3 N–H and O–H groups in total. The van der Waals surface area contributed by atoms with E-state index in [0.717, 1.165) is 0 Å². The van der Waals surface area contributed by atoms with Crippen molar-refractivity contribution >= 4 is 11.6 Å². The van der Waals surface area contributed by atoms with Crippen LogP contribution in [-0.4, -0.2) is 39.5 Å². The zero-order valence-electron chi connectivity index (χ0n) is 10.9. The summed E-state index contributed by atoms with van der Waals surface area (Å²) >= 11 is 0. The molecule has 1 aromatic heterocycles. The number of carbonyl (C=O) groups excluding carboxylic acids is 2. The first-order valence-electron chi connectivity index (χ1n) is 5.97. The molecule has 19 heavy (non-hydrogen) atoms. The van der Waals surface area contributed by atoms with Gasteiger partial charge in [-0.3, -0.25) is 9.59 Å². The minimum atomic E-state index is -0.323. The number of nitrogens with one attached hydrogen (secondary N) is 1. The highest BCUT2D eigenvalue weighted by molar-refractivity contribution is 6.24. The quantitative estimate of drug-likeness (QED) is 0.692. The Bertz CT molecular complexity index is 584. The average molecular weight is 264 g/mol. The Morgan fingerprint density at radius 2 is 2.00 bits per heavy atom. The Morgan fingerprint density at radius 3 is 2.58 bits per heavy atom. The van der Waals surface area contributed by atoms with Crippen LogP contribution >= 0.6 is 0 Å². The molecule has 6 heteroatoms. The van der Waals surface area contributed by atoms with E-state index in [2.05, 4.69) is 5.32 Å². The third kappa shape index (κ3) is 1.98. The van der Waals surface area contributed by atoms with E-state index in [4.69, 9.17) is 5.11 Å². The van der Waals surface area contributed by atoms with Gasteiger partial charge in [0.05, 0.1) is 24.5 Å². The van der Waals surface area contributed by atoms with Gasteiger partial charge in [0, 0.05) is 30.9 Å². The van der Waals surface area contributed by atoms with Crippen molar-refractivity contribution in [2.75, 3.05) is 13.2 Å². The Hall–Kier alpha value is -1.92. The number of hydrogen-bond acceptors (Lipinski definition) is 5. The molecule has 0 amide bonds. The molecule has 1 aliphatic carbocycles. The normalized spacial score (nSPS) is 14.4. The Balaban J connectivity index is 2.54. The summed E-state index contributed by atoms with van der Waals surface area (Å²) in [5.74, 6) is -0.601. The van der Waals surface area contributed by atoms with E-state index in [0.29, 0.717) is 17.0 Å². The summed E-state index contributed by atoms with van der Waals surface area (Å²) < 4.78 is 1.63. The minimum Gasteiger partial charge on any atom is -0.395 e. The van der Waals surface area contributed by atoms with Crippen LogP contribution in [0.2, 0.25) is 0 Å². The number of Topliss-reactive ketones (excluding diaryl/α,β-unsaturated/α-hetero) is 1. The second-order valence-corrected chi connectivity index (χ2v) is 4.41. The molecule has 102 valence electrons. The predicted molar refractivity (Wildman–Crippen MR) is 67.9 cm³/mol. The lowest BCUT2D eigenvalue weighted by atomic mass is 9.95. The van der Waals surface area contributed by atoms with Crippen LogP contribution in [-0.2, 0) is 13.7 Å². The summed E-state index contributed by atoms with van der Waals surface area (Å²) in [6, 6.07) is 0. The van der Waals surface area contributed by atoms with E-state index in [1.165, 1.54) is 6.08 Å². The van der Waals surface area contributed by atoms with Crippen molar-refractivity contribution in [3.05, 3.63) is 34.3 Å². The molecule has 0 spiro atoms. The van der Waals surface area contributed by atoms with Crippen LogP contribution < -0.4 is 5.32 Å². The lowest BCUT2D eigenvalue weighted by Crippen LogP contribution is -2.29. The number of allylic oxidation sites excluding steroid dienone is 2. The number of ketones is 2. The molecule has 1 heterocycles. The van der Waals surface area contributed by atoms with Gasteiger partial charge in [0.1, 0.15) is 5.69 Å². The van der Waals surface area contributed by atoms with Crippen LogP contribution in [0.1, 0.15) is 32.1 Å². The van der Waals surface area contributed by atoms with Gasteiger partial charge in [-0.1, -0.05) is 0 Å². The van der Waals surface area contributed by atoms with Gasteiger partial charge < -0.3 is 20.1 Å². The number of nitrogens with zero attached hydrogens (tertiary/aromatic N) is 1. The second-order valence-electron chi connectivity index (χ2n) is 4.41. The Morgan fingerprint density at radius 1 is 1.32 bits per heavy atom. The van der Waals surface area contributed by atoms with E-state index in [-0.39, 0.29) is 42.6 Å². The van der Waals surface area contributed by atoms with Crippen molar-refractivity contribution in [3.8, 4) is 0 Å². The summed E-state index contributed by atoms with van der Waals surface area (Å²) in [6.45, 7) is 1.53. The average Bonchev–Trinajstić information content (AvgIpc) is 2.65. The topological polar surface area (TPSA) is 91.6 Å².